The molecular weight excluding hydrogens is 146 g/mol. The summed E-state index contributed by atoms with van der Waals surface area (Å²) in [4.78, 5) is 0. The van der Waals surface area contributed by atoms with Gasteiger partial charge in [-0.25, -0.2) is 0 Å². The van der Waals surface area contributed by atoms with Gasteiger partial charge >= 0.3 is 0 Å². The Labute approximate surface area is 73.3 Å². The van der Waals surface area contributed by atoms with Crippen LogP contribution in [0, 0.1) is 12.3 Å². The lowest BCUT2D eigenvalue weighted by Gasteiger charge is -2.06. The summed E-state index contributed by atoms with van der Waals surface area (Å²) < 4.78 is 0. The average Bonchev–Trinajstić information content (AvgIpc) is 2.03. The number of rotatable bonds is 2. The maximum atomic E-state index is 7.53. The molecule has 1 heteroatoms. The van der Waals surface area contributed by atoms with Crippen molar-refractivity contribution >= 4 is 11.8 Å². The Kier molecular flexibility index (Phi) is 2.44. The number of hydrogen-bond donors (Lipinski definition) is 1. The van der Waals surface area contributed by atoms with Gasteiger partial charge in [0.15, 0.2) is 0 Å². The smallest absolute Gasteiger partial charge is 0.0361 e. The van der Waals surface area contributed by atoms with Crippen LogP contribution < -0.4 is 0 Å². The Morgan fingerprint density at radius 3 is 2.58 bits per heavy atom. The molecule has 0 fully saturated rings. The summed E-state index contributed by atoms with van der Waals surface area (Å²) in [6.45, 7) is 7.56. The van der Waals surface area contributed by atoms with Gasteiger partial charge in [0.2, 0.25) is 0 Å². The van der Waals surface area contributed by atoms with Crippen LogP contribution in [0.25, 0.3) is 6.08 Å². The van der Waals surface area contributed by atoms with Gasteiger partial charge in [0.05, 0.1) is 0 Å². The van der Waals surface area contributed by atoms with Gasteiger partial charge in [-0.15, -0.1) is 0 Å². The van der Waals surface area contributed by atoms with Crippen molar-refractivity contribution < 1.29 is 0 Å². The fraction of sp³-hybridized carbons (Fsp3) is 0.182. The van der Waals surface area contributed by atoms with Crippen LogP contribution in [0.3, 0.4) is 0 Å². The molecule has 0 aliphatic carbocycles. The Hall–Kier alpha value is -1.37. The number of hydrogen-bond acceptors (Lipinski definition) is 1. The van der Waals surface area contributed by atoms with Crippen LogP contribution in [0.1, 0.15) is 23.6 Å². The highest BCUT2D eigenvalue weighted by Crippen LogP contribution is 2.15. The van der Waals surface area contributed by atoms with Crippen molar-refractivity contribution in [3.63, 3.8) is 0 Å². The summed E-state index contributed by atoms with van der Waals surface area (Å²) in [7, 11) is 0. The minimum Gasteiger partial charge on any atom is -0.305 e. The molecule has 1 nitrogen and oxygen atoms in total. The van der Waals surface area contributed by atoms with Crippen molar-refractivity contribution in [1.82, 2.24) is 0 Å². The molecule has 62 valence electrons. The molecular formula is C11H13N. The average molecular weight is 159 g/mol. The van der Waals surface area contributed by atoms with Crippen LogP contribution in [0.5, 0.6) is 0 Å². The zero-order chi connectivity index (χ0) is 9.14. The molecule has 0 atom stereocenters. The first-order valence-electron chi connectivity index (χ1n) is 3.94. The summed E-state index contributed by atoms with van der Waals surface area (Å²) in [5, 5.41) is 7.53. The first kappa shape index (κ1) is 8.72. The summed E-state index contributed by atoms with van der Waals surface area (Å²) in [5.41, 5.74) is 3.82. The van der Waals surface area contributed by atoms with Gasteiger partial charge in [-0.1, -0.05) is 30.9 Å². The van der Waals surface area contributed by atoms with Crippen molar-refractivity contribution in [3.05, 3.63) is 41.5 Å². The van der Waals surface area contributed by atoms with E-state index >= 15 is 0 Å². The maximum Gasteiger partial charge on any atom is 0.0361 e. The Balaban J connectivity index is 3.37. The highest BCUT2D eigenvalue weighted by Gasteiger charge is 2.02. The van der Waals surface area contributed by atoms with Crippen LogP contribution >= 0.6 is 0 Å². The molecule has 0 bridgehead atoms. The summed E-state index contributed by atoms with van der Waals surface area (Å²) in [5.74, 6) is 0. The van der Waals surface area contributed by atoms with E-state index in [9.17, 15) is 0 Å². The fourth-order valence-corrected chi connectivity index (χ4v) is 1.28. The summed E-state index contributed by atoms with van der Waals surface area (Å²) in [6, 6.07) is 5.95. The minimum absolute atomic E-state index is 0.591. The van der Waals surface area contributed by atoms with E-state index in [1.54, 1.807) is 6.92 Å². The lowest BCUT2D eigenvalue weighted by atomic mass is 9.99. The molecule has 0 spiro atoms. The topological polar surface area (TPSA) is 23.9 Å². The largest absolute Gasteiger partial charge is 0.305 e. The second-order valence-electron chi connectivity index (χ2n) is 2.87. The Morgan fingerprint density at radius 2 is 2.17 bits per heavy atom. The van der Waals surface area contributed by atoms with Crippen LogP contribution in [0.2, 0.25) is 0 Å². The number of benzene rings is 1. The van der Waals surface area contributed by atoms with E-state index in [0.717, 1.165) is 11.1 Å². The highest BCUT2D eigenvalue weighted by atomic mass is 14.4. The Morgan fingerprint density at radius 1 is 1.50 bits per heavy atom. The Bertz CT molecular complexity index is 324. The molecule has 0 aliphatic heterocycles. The zero-order valence-electron chi connectivity index (χ0n) is 7.52. The molecule has 0 saturated heterocycles. The molecule has 1 N–H and O–H groups in total. The fourth-order valence-electron chi connectivity index (χ4n) is 1.28. The third kappa shape index (κ3) is 1.45. The van der Waals surface area contributed by atoms with Crippen LogP contribution in [-0.2, 0) is 0 Å². The van der Waals surface area contributed by atoms with Crippen molar-refractivity contribution in [2.75, 3.05) is 0 Å². The van der Waals surface area contributed by atoms with Gasteiger partial charge in [-0.05, 0) is 25.0 Å². The first-order valence-corrected chi connectivity index (χ1v) is 3.94. The number of nitrogens with one attached hydrogen (secondary N) is 1. The maximum absolute atomic E-state index is 7.53. The predicted octanol–water partition coefficient (Wildman–Crippen LogP) is 3.03. The van der Waals surface area contributed by atoms with E-state index in [1.165, 1.54) is 5.56 Å². The predicted molar refractivity (Wildman–Crippen MR) is 53.8 cm³/mol. The van der Waals surface area contributed by atoms with Crippen LogP contribution in [0.4, 0.5) is 0 Å². The molecule has 1 aromatic rings. The molecule has 0 aliphatic rings. The summed E-state index contributed by atoms with van der Waals surface area (Å²) >= 11 is 0. The van der Waals surface area contributed by atoms with E-state index in [4.69, 9.17) is 5.41 Å². The molecule has 0 amide bonds. The van der Waals surface area contributed by atoms with Gasteiger partial charge in [0.25, 0.3) is 0 Å². The van der Waals surface area contributed by atoms with Gasteiger partial charge in [-0.2, -0.15) is 0 Å². The van der Waals surface area contributed by atoms with Crippen molar-refractivity contribution in [2.24, 2.45) is 0 Å². The van der Waals surface area contributed by atoms with Crippen molar-refractivity contribution in [3.8, 4) is 0 Å². The van der Waals surface area contributed by atoms with Gasteiger partial charge in [0.1, 0.15) is 0 Å². The first-order chi connectivity index (χ1) is 5.66. The summed E-state index contributed by atoms with van der Waals surface area (Å²) in [6.07, 6.45) is 1.81. The molecule has 0 heterocycles. The lowest BCUT2D eigenvalue weighted by molar-refractivity contribution is 1.39. The third-order valence-corrected chi connectivity index (χ3v) is 1.93. The van der Waals surface area contributed by atoms with Gasteiger partial charge < -0.3 is 5.41 Å². The highest BCUT2D eigenvalue weighted by molar-refractivity contribution is 5.99. The van der Waals surface area contributed by atoms with Gasteiger partial charge in [-0.3, -0.25) is 0 Å². The van der Waals surface area contributed by atoms with E-state index in [0.29, 0.717) is 5.71 Å². The molecule has 0 radical (unpaired) electrons. The normalized spacial score (nSPS) is 9.50. The molecule has 1 rings (SSSR count). The zero-order valence-corrected chi connectivity index (χ0v) is 7.52. The van der Waals surface area contributed by atoms with E-state index in [2.05, 4.69) is 6.58 Å². The van der Waals surface area contributed by atoms with Crippen molar-refractivity contribution in [1.29, 1.82) is 5.41 Å². The second-order valence-corrected chi connectivity index (χ2v) is 2.87. The molecule has 12 heavy (non-hydrogen) atoms. The lowest BCUT2D eigenvalue weighted by Crippen LogP contribution is -1.97. The van der Waals surface area contributed by atoms with E-state index in [-0.39, 0.29) is 0 Å². The quantitative estimate of drug-likeness (QED) is 0.641. The minimum atomic E-state index is 0.591. The monoisotopic (exact) mass is 159 g/mol. The second kappa shape index (κ2) is 3.35. The molecule has 0 unspecified atom stereocenters. The molecule has 1 aromatic carbocycles. The van der Waals surface area contributed by atoms with E-state index < -0.39 is 0 Å². The van der Waals surface area contributed by atoms with E-state index in [1.807, 2.05) is 31.2 Å². The molecule has 0 aromatic heterocycles. The van der Waals surface area contributed by atoms with Crippen LogP contribution in [0.15, 0.2) is 24.8 Å². The number of aryl methyl sites for hydroxylation is 1. The van der Waals surface area contributed by atoms with Gasteiger partial charge in [0, 0.05) is 11.3 Å². The van der Waals surface area contributed by atoms with Crippen LogP contribution in [-0.4, -0.2) is 5.71 Å². The standard InChI is InChI=1S/C11H13N/c1-4-10-8(2)6-5-7-11(10)9(3)12/h4-7,12H,1H2,2-3H3. The van der Waals surface area contributed by atoms with Crippen molar-refractivity contribution in [2.45, 2.75) is 13.8 Å². The third-order valence-electron chi connectivity index (χ3n) is 1.93. The SMILES string of the molecule is C=Cc1c(C)cccc1C(C)=N. The molecule has 0 saturated carbocycles.